The van der Waals surface area contributed by atoms with Gasteiger partial charge in [-0.25, -0.2) is 4.79 Å². The first-order chi connectivity index (χ1) is 10.1. The molecule has 0 bridgehead atoms. The molecule has 0 atom stereocenters. The molecule has 0 heterocycles. The molecular formula is C16H22N2O3. The summed E-state index contributed by atoms with van der Waals surface area (Å²) < 4.78 is 0. The largest absolute Gasteiger partial charge is 0.481 e. The van der Waals surface area contributed by atoms with E-state index < -0.39 is 5.97 Å². The van der Waals surface area contributed by atoms with E-state index in [0.29, 0.717) is 0 Å². The Morgan fingerprint density at radius 1 is 1.14 bits per heavy atom. The van der Waals surface area contributed by atoms with E-state index in [0.717, 1.165) is 32.1 Å². The topological polar surface area (TPSA) is 78.4 Å². The van der Waals surface area contributed by atoms with Crippen LogP contribution in [0.5, 0.6) is 0 Å². The molecule has 0 radical (unpaired) electrons. The van der Waals surface area contributed by atoms with Crippen molar-refractivity contribution in [3.8, 4) is 0 Å². The zero-order valence-electron chi connectivity index (χ0n) is 12.1. The molecular weight excluding hydrogens is 268 g/mol. The van der Waals surface area contributed by atoms with Gasteiger partial charge in [0.05, 0.1) is 6.42 Å². The average molecular weight is 290 g/mol. The van der Waals surface area contributed by atoms with Crippen LogP contribution < -0.4 is 10.6 Å². The van der Waals surface area contributed by atoms with E-state index in [1.807, 2.05) is 18.2 Å². The monoisotopic (exact) mass is 290 g/mol. The van der Waals surface area contributed by atoms with Crippen LogP contribution in [-0.2, 0) is 11.2 Å². The van der Waals surface area contributed by atoms with Gasteiger partial charge < -0.3 is 15.7 Å². The number of urea groups is 1. The van der Waals surface area contributed by atoms with Gasteiger partial charge in [-0.1, -0.05) is 43.2 Å². The molecule has 0 saturated heterocycles. The number of hydrogen-bond donors (Lipinski definition) is 3. The fraction of sp³-hybridized carbons (Fsp3) is 0.500. The second-order valence-corrected chi connectivity index (χ2v) is 5.67. The molecule has 2 amide bonds. The Morgan fingerprint density at radius 3 is 2.43 bits per heavy atom. The van der Waals surface area contributed by atoms with Crippen LogP contribution in [0.2, 0.25) is 0 Å². The summed E-state index contributed by atoms with van der Waals surface area (Å²) in [6.45, 7) is 0.155. The predicted molar refractivity (Wildman–Crippen MR) is 80.1 cm³/mol. The van der Waals surface area contributed by atoms with Crippen LogP contribution in [-0.4, -0.2) is 29.2 Å². The van der Waals surface area contributed by atoms with E-state index in [1.54, 1.807) is 0 Å². The fourth-order valence-corrected chi connectivity index (χ4v) is 2.95. The van der Waals surface area contributed by atoms with Gasteiger partial charge in [0, 0.05) is 12.1 Å². The van der Waals surface area contributed by atoms with Crippen LogP contribution in [0, 0.1) is 0 Å². The molecule has 0 aliphatic heterocycles. The second-order valence-electron chi connectivity index (χ2n) is 5.67. The molecule has 5 nitrogen and oxygen atoms in total. The Bertz CT molecular complexity index is 482. The van der Waals surface area contributed by atoms with Crippen molar-refractivity contribution >= 4 is 12.0 Å². The van der Waals surface area contributed by atoms with Crippen LogP contribution in [0.4, 0.5) is 4.79 Å². The zero-order valence-corrected chi connectivity index (χ0v) is 12.1. The van der Waals surface area contributed by atoms with E-state index >= 15 is 0 Å². The number of carboxylic acids is 1. The Hall–Kier alpha value is -2.04. The third-order valence-electron chi connectivity index (χ3n) is 3.95. The summed E-state index contributed by atoms with van der Waals surface area (Å²) in [5, 5.41) is 14.3. The van der Waals surface area contributed by atoms with Crippen molar-refractivity contribution in [2.24, 2.45) is 0 Å². The number of rotatable bonds is 6. The number of carboxylic acid groups (broad SMARTS) is 1. The number of carbonyl (C=O) groups excluding carboxylic acids is 1. The van der Waals surface area contributed by atoms with E-state index in [1.165, 1.54) is 5.56 Å². The molecule has 3 N–H and O–H groups in total. The van der Waals surface area contributed by atoms with Gasteiger partial charge in [0.2, 0.25) is 0 Å². The van der Waals surface area contributed by atoms with Gasteiger partial charge >= 0.3 is 12.0 Å². The SMILES string of the molecule is O=C(O)CCNC(=O)NC1(Cc2ccccc2)CCCC1. The van der Waals surface area contributed by atoms with Crippen molar-refractivity contribution in [2.75, 3.05) is 6.54 Å². The number of benzene rings is 1. The summed E-state index contributed by atoms with van der Waals surface area (Å²) in [6, 6.07) is 9.87. The standard InChI is InChI=1S/C16H22N2O3/c19-14(20)8-11-17-15(21)18-16(9-4-5-10-16)12-13-6-2-1-3-7-13/h1-3,6-7H,4-5,8-12H2,(H,19,20)(H2,17,18,21). The van der Waals surface area contributed by atoms with Gasteiger partial charge in [0.25, 0.3) is 0 Å². The molecule has 1 aromatic carbocycles. The normalized spacial score (nSPS) is 16.4. The summed E-state index contributed by atoms with van der Waals surface area (Å²) in [7, 11) is 0. The Morgan fingerprint density at radius 2 is 1.81 bits per heavy atom. The minimum atomic E-state index is -0.907. The summed E-state index contributed by atoms with van der Waals surface area (Å²) >= 11 is 0. The van der Waals surface area contributed by atoms with Gasteiger partial charge in [-0.2, -0.15) is 0 Å². The molecule has 1 saturated carbocycles. The van der Waals surface area contributed by atoms with Crippen molar-refractivity contribution in [3.63, 3.8) is 0 Å². The van der Waals surface area contributed by atoms with Crippen molar-refractivity contribution < 1.29 is 14.7 Å². The lowest BCUT2D eigenvalue weighted by atomic mass is 9.89. The maximum absolute atomic E-state index is 12.0. The lowest BCUT2D eigenvalue weighted by Crippen LogP contribution is -2.52. The van der Waals surface area contributed by atoms with Crippen molar-refractivity contribution in [1.29, 1.82) is 0 Å². The molecule has 1 aliphatic carbocycles. The third-order valence-corrected chi connectivity index (χ3v) is 3.95. The molecule has 114 valence electrons. The molecule has 21 heavy (non-hydrogen) atoms. The summed E-state index contributed by atoms with van der Waals surface area (Å²) in [5.74, 6) is -0.907. The minimum Gasteiger partial charge on any atom is -0.481 e. The van der Waals surface area contributed by atoms with Crippen LogP contribution in [0.25, 0.3) is 0 Å². The highest BCUT2D eigenvalue weighted by molar-refractivity contribution is 5.76. The zero-order chi connectivity index (χ0) is 15.1. The van der Waals surface area contributed by atoms with Gasteiger partial charge in [-0.05, 0) is 24.8 Å². The van der Waals surface area contributed by atoms with Crippen molar-refractivity contribution in [2.45, 2.75) is 44.1 Å². The summed E-state index contributed by atoms with van der Waals surface area (Å²) in [5.41, 5.74) is 1.01. The minimum absolute atomic E-state index is 0.0564. The molecule has 0 unspecified atom stereocenters. The maximum atomic E-state index is 12.0. The van der Waals surface area contributed by atoms with Gasteiger partial charge in [0.1, 0.15) is 0 Å². The number of nitrogens with one attached hydrogen (secondary N) is 2. The highest BCUT2D eigenvalue weighted by Gasteiger charge is 2.35. The summed E-state index contributed by atoms with van der Waals surface area (Å²) in [6.07, 6.45) is 4.92. The molecule has 0 spiro atoms. The van der Waals surface area contributed by atoms with E-state index in [2.05, 4.69) is 22.8 Å². The first-order valence-corrected chi connectivity index (χ1v) is 7.41. The average Bonchev–Trinajstić information content (AvgIpc) is 2.87. The molecule has 5 heteroatoms. The van der Waals surface area contributed by atoms with Gasteiger partial charge in [0.15, 0.2) is 0 Å². The highest BCUT2D eigenvalue weighted by Crippen LogP contribution is 2.32. The first-order valence-electron chi connectivity index (χ1n) is 7.41. The molecule has 1 aromatic rings. The maximum Gasteiger partial charge on any atom is 0.315 e. The fourth-order valence-electron chi connectivity index (χ4n) is 2.95. The van der Waals surface area contributed by atoms with Crippen LogP contribution in [0.1, 0.15) is 37.7 Å². The van der Waals surface area contributed by atoms with Gasteiger partial charge in [-0.15, -0.1) is 0 Å². The Kier molecular flexibility index (Phi) is 5.20. The highest BCUT2D eigenvalue weighted by atomic mass is 16.4. The molecule has 1 aliphatic rings. The number of aliphatic carboxylic acids is 1. The molecule has 1 fully saturated rings. The van der Waals surface area contributed by atoms with Crippen molar-refractivity contribution in [1.82, 2.24) is 10.6 Å². The first kappa shape index (κ1) is 15.4. The predicted octanol–water partition coefficient (Wildman–Crippen LogP) is 2.32. The van der Waals surface area contributed by atoms with E-state index in [-0.39, 0.29) is 24.5 Å². The smallest absolute Gasteiger partial charge is 0.315 e. The summed E-state index contributed by atoms with van der Waals surface area (Å²) in [4.78, 5) is 22.4. The number of amides is 2. The van der Waals surface area contributed by atoms with Crippen molar-refractivity contribution in [3.05, 3.63) is 35.9 Å². The number of hydrogen-bond acceptors (Lipinski definition) is 2. The lowest BCUT2D eigenvalue weighted by Gasteiger charge is -2.30. The molecule has 2 rings (SSSR count). The Labute approximate surface area is 124 Å². The Balaban J connectivity index is 1.92. The quantitative estimate of drug-likeness (QED) is 0.752. The third kappa shape index (κ3) is 4.77. The van der Waals surface area contributed by atoms with Crippen LogP contribution in [0.15, 0.2) is 30.3 Å². The van der Waals surface area contributed by atoms with Crippen LogP contribution in [0.3, 0.4) is 0 Å². The van der Waals surface area contributed by atoms with Gasteiger partial charge in [-0.3, -0.25) is 4.79 Å². The van der Waals surface area contributed by atoms with E-state index in [9.17, 15) is 9.59 Å². The van der Waals surface area contributed by atoms with Crippen LogP contribution >= 0.6 is 0 Å². The lowest BCUT2D eigenvalue weighted by molar-refractivity contribution is -0.136. The van der Waals surface area contributed by atoms with E-state index in [4.69, 9.17) is 5.11 Å². The molecule has 0 aromatic heterocycles. The second kappa shape index (κ2) is 7.11. The number of carbonyl (C=O) groups is 2.